The van der Waals surface area contributed by atoms with Gasteiger partial charge in [0.25, 0.3) is 0 Å². The summed E-state index contributed by atoms with van der Waals surface area (Å²) < 4.78 is 0. The molecule has 0 radical (unpaired) electrons. The lowest BCUT2D eigenvalue weighted by Crippen LogP contribution is -2.47. The second-order valence-electron chi connectivity index (χ2n) is 5.65. The molecule has 0 rings (SSSR count). The van der Waals surface area contributed by atoms with Crippen LogP contribution in [0.5, 0.6) is 0 Å². The highest BCUT2D eigenvalue weighted by atomic mass is 16.3. The highest BCUT2D eigenvalue weighted by Gasteiger charge is 2.21. The van der Waals surface area contributed by atoms with Crippen LogP contribution in [-0.2, 0) is 0 Å². The predicted octanol–water partition coefficient (Wildman–Crippen LogP) is 1.32. The molecule has 2 N–H and O–H groups in total. The molecule has 0 aromatic rings. The molecular formula is C12H28N2O. The van der Waals surface area contributed by atoms with Crippen molar-refractivity contribution >= 4 is 0 Å². The summed E-state index contributed by atoms with van der Waals surface area (Å²) in [6, 6.07) is 0.471. The Bertz CT molecular complexity index is 167. The first-order valence-electron chi connectivity index (χ1n) is 5.83. The molecular weight excluding hydrogens is 188 g/mol. The van der Waals surface area contributed by atoms with Gasteiger partial charge in [-0.15, -0.1) is 0 Å². The van der Waals surface area contributed by atoms with E-state index in [2.05, 4.69) is 26.1 Å². The van der Waals surface area contributed by atoms with Crippen LogP contribution >= 0.6 is 0 Å². The van der Waals surface area contributed by atoms with Crippen LogP contribution in [0.3, 0.4) is 0 Å². The van der Waals surface area contributed by atoms with Crippen LogP contribution in [0.25, 0.3) is 0 Å². The highest BCUT2D eigenvalue weighted by molar-refractivity contribution is 4.79. The van der Waals surface area contributed by atoms with Gasteiger partial charge < -0.3 is 15.3 Å². The van der Waals surface area contributed by atoms with E-state index in [1.54, 1.807) is 0 Å². The van der Waals surface area contributed by atoms with Crippen LogP contribution in [0.1, 0.15) is 34.1 Å². The first kappa shape index (κ1) is 14.9. The van der Waals surface area contributed by atoms with Crippen LogP contribution in [0.15, 0.2) is 0 Å². The van der Waals surface area contributed by atoms with Crippen molar-refractivity contribution in [2.45, 2.75) is 45.8 Å². The third kappa shape index (κ3) is 8.85. The maximum absolute atomic E-state index is 10.1. The van der Waals surface area contributed by atoms with Gasteiger partial charge in [-0.3, -0.25) is 0 Å². The van der Waals surface area contributed by atoms with Crippen LogP contribution in [0.2, 0.25) is 0 Å². The lowest BCUT2D eigenvalue weighted by molar-refractivity contribution is 0.0312. The number of hydrogen-bond donors (Lipinski definition) is 2. The van der Waals surface area contributed by atoms with Gasteiger partial charge in [-0.05, 0) is 40.3 Å². The fourth-order valence-electron chi connectivity index (χ4n) is 1.92. The van der Waals surface area contributed by atoms with Crippen LogP contribution in [0, 0.1) is 5.92 Å². The Morgan fingerprint density at radius 3 is 2.20 bits per heavy atom. The zero-order valence-electron chi connectivity index (χ0n) is 11.2. The Morgan fingerprint density at radius 2 is 1.80 bits per heavy atom. The van der Waals surface area contributed by atoms with Gasteiger partial charge in [0.05, 0.1) is 5.60 Å². The minimum Gasteiger partial charge on any atom is -0.388 e. The van der Waals surface area contributed by atoms with E-state index in [0.717, 1.165) is 6.42 Å². The van der Waals surface area contributed by atoms with Crippen molar-refractivity contribution in [3.63, 3.8) is 0 Å². The van der Waals surface area contributed by atoms with E-state index in [1.807, 2.05) is 25.9 Å². The summed E-state index contributed by atoms with van der Waals surface area (Å²) in [5.74, 6) is 0.700. The van der Waals surface area contributed by atoms with E-state index in [9.17, 15) is 5.11 Å². The Labute approximate surface area is 94.9 Å². The third-order valence-electron chi connectivity index (χ3n) is 2.31. The molecule has 3 nitrogen and oxygen atoms in total. The molecule has 0 aliphatic heterocycles. The maximum atomic E-state index is 10.1. The smallest absolute Gasteiger partial charge is 0.0869 e. The molecule has 0 aromatic heterocycles. The van der Waals surface area contributed by atoms with E-state index >= 15 is 0 Å². The topological polar surface area (TPSA) is 35.5 Å². The van der Waals surface area contributed by atoms with Crippen LogP contribution in [-0.4, -0.2) is 48.8 Å². The van der Waals surface area contributed by atoms with Gasteiger partial charge in [-0.1, -0.05) is 13.8 Å². The molecule has 92 valence electrons. The van der Waals surface area contributed by atoms with E-state index in [-0.39, 0.29) is 0 Å². The number of likely N-dealkylation sites (N-methyl/N-ethyl adjacent to an activating group) is 1. The molecule has 0 heterocycles. The zero-order valence-corrected chi connectivity index (χ0v) is 11.2. The zero-order chi connectivity index (χ0) is 12.1. The molecule has 0 saturated carbocycles. The van der Waals surface area contributed by atoms with E-state index in [0.29, 0.717) is 25.0 Å². The number of aliphatic hydroxyl groups is 1. The van der Waals surface area contributed by atoms with E-state index < -0.39 is 5.60 Å². The fourth-order valence-corrected chi connectivity index (χ4v) is 1.92. The SMILES string of the molecule is CC(C)CC(C)NCC(C)(O)CN(C)C. The van der Waals surface area contributed by atoms with Crippen LogP contribution in [0.4, 0.5) is 0 Å². The van der Waals surface area contributed by atoms with Gasteiger partial charge in [0.1, 0.15) is 0 Å². The lowest BCUT2D eigenvalue weighted by atomic mass is 10.0. The van der Waals surface area contributed by atoms with Gasteiger partial charge in [0.2, 0.25) is 0 Å². The van der Waals surface area contributed by atoms with Crippen molar-refractivity contribution in [3.8, 4) is 0 Å². The molecule has 2 atom stereocenters. The molecule has 0 fully saturated rings. The fraction of sp³-hybridized carbons (Fsp3) is 1.00. The monoisotopic (exact) mass is 216 g/mol. The van der Waals surface area contributed by atoms with Gasteiger partial charge >= 0.3 is 0 Å². The third-order valence-corrected chi connectivity index (χ3v) is 2.31. The van der Waals surface area contributed by atoms with E-state index in [4.69, 9.17) is 0 Å². The number of rotatable bonds is 7. The van der Waals surface area contributed by atoms with Gasteiger partial charge in [-0.25, -0.2) is 0 Å². The number of nitrogens with zero attached hydrogens (tertiary/aromatic N) is 1. The molecule has 2 unspecified atom stereocenters. The highest BCUT2D eigenvalue weighted by Crippen LogP contribution is 2.07. The summed E-state index contributed by atoms with van der Waals surface area (Å²) in [5.41, 5.74) is -0.644. The van der Waals surface area contributed by atoms with Gasteiger partial charge in [-0.2, -0.15) is 0 Å². The molecule has 0 amide bonds. The Kier molecular flexibility index (Phi) is 6.41. The molecule has 0 bridgehead atoms. The van der Waals surface area contributed by atoms with Crippen molar-refractivity contribution in [1.29, 1.82) is 0 Å². The second-order valence-corrected chi connectivity index (χ2v) is 5.65. The standard InChI is InChI=1S/C12H28N2O/c1-10(2)7-11(3)13-8-12(4,15)9-14(5)6/h10-11,13,15H,7-9H2,1-6H3. The summed E-state index contributed by atoms with van der Waals surface area (Å²) in [4.78, 5) is 2.01. The quantitative estimate of drug-likeness (QED) is 0.674. The van der Waals surface area contributed by atoms with Crippen molar-refractivity contribution < 1.29 is 5.11 Å². The van der Waals surface area contributed by atoms with Crippen LogP contribution < -0.4 is 5.32 Å². The van der Waals surface area contributed by atoms with Gasteiger partial charge in [0.15, 0.2) is 0 Å². The first-order valence-corrected chi connectivity index (χ1v) is 5.83. The second kappa shape index (κ2) is 6.46. The Morgan fingerprint density at radius 1 is 1.27 bits per heavy atom. The van der Waals surface area contributed by atoms with Crippen molar-refractivity contribution in [1.82, 2.24) is 10.2 Å². The summed E-state index contributed by atoms with van der Waals surface area (Å²) >= 11 is 0. The molecule has 0 aliphatic rings. The predicted molar refractivity (Wildman–Crippen MR) is 66.1 cm³/mol. The number of nitrogens with one attached hydrogen (secondary N) is 1. The largest absolute Gasteiger partial charge is 0.388 e. The summed E-state index contributed by atoms with van der Waals surface area (Å²) in [6.07, 6.45) is 1.15. The molecule has 0 aromatic carbocycles. The molecule has 0 spiro atoms. The van der Waals surface area contributed by atoms with E-state index in [1.165, 1.54) is 0 Å². The average Bonchev–Trinajstić information content (AvgIpc) is 1.97. The van der Waals surface area contributed by atoms with Gasteiger partial charge in [0, 0.05) is 19.1 Å². The first-order chi connectivity index (χ1) is 6.73. The molecule has 3 heteroatoms. The number of hydrogen-bond acceptors (Lipinski definition) is 3. The van der Waals surface area contributed by atoms with Crippen molar-refractivity contribution in [2.75, 3.05) is 27.2 Å². The normalized spacial score (nSPS) is 18.2. The van der Waals surface area contributed by atoms with Crippen molar-refractivity contribution in [2.24, 2.45) is 5.92 Å². The molecule has 15 heavy (non-hydrogen) atoms. The Hall–Kier alpha value is -0.120. The summed E-state index contributed by atoms with van der Waals surface area (Å²) in [7, 11) is 3.96. The average molecular weight is 216 g/mol. The Balaban J connectivity index is 3.82. The maximum Gasteiger partial charge on any atom is 0.0869 e. The minimum absolute atomic E-state index is 0.471. The lowest BCUT2D eigenvalue weighted by Gasteiger charge is -2.29. The molecule has 0 saturated heterocycles. The molecule has 0 aliphatic carbocycles. The van der Waals surface area contributed by atoms with Crippen molar-refractivity contribution in [3.05, 3.63) is 0 Å². The summed E-state index contributed by atoms with van der Waals surface area (Å²) in [5, 5.41) is 13.4. The minimum atomic E-state index is -0.644. The summed E-state index contributed by atoms with van der Waals surface area (Å²) in [6.45, 7) is 9.83.